The van der Waals surface area contributed by atoms with E-state index in [4.69, 9.17) is 14.2 Å². The summed E-state index contributed by atoms with van der Waals surface area (Å²) in [7, 11) is 0. The Hall–Kier alpha value is -0.420. The number of fused-ring (bicyclic) bond motifs is 6. The molecule has 0 N–H and O–H groups in total. The number of hydrogen-bond acceptors (Lipinski definition) is 3. The summed E-state index contributed by atoms with van der Waals surface area (Å²) >= 11 is 4.01. The predicted molar refractivity (Wildman–Crippen MR) is 125 cm³/mol. The third kappa shape index (κ3) is 3.30. The molecule has 6 rings (SSSR count). The van der Waals surface area contributed by atoms with Crippen molar-refractivity contribution >= 4 is 15.9 Å². The minimum absolute atomic E-state index is 0.168. The van der Waals surface area contributed by atoms with E-state index in [2.05, 4.69) is 53.2 Å². The highest BCUT2D eigenvalue weighted by Gasteiger charge is 2.69. The molecule has 4 saturated carbocycles. The fraction of sp³-hybridized carbons (Fsp3) is 0.778. The molecule has 31 heavy (non-hydrogen) atoms. The highest BCUT2D eigenvalue weighted by molar-refractivity contribution is 9.09. The lowest BCUT2D eigenvalue weighted by Gasteiger charge is -2.57. The minimum atomic E-state index is -0.373. The second kappa shape index (κ2) is 8.11. The predicted octanol–water partition coefficient (Wildman–Crippen LogP) is 6.34. The third-order valence-electron chi connectivity index (χ3n) is 10.0. The lowest BCUT2D eigenvalue weighted by atomic mass is 9.50. The third-order valence-corrected chi connectivity index (χ3v) is 11.0. The number of ether oxygens (including phenoxy) is 3. The van der Waals surface area contributed by atoms with Gasteiger partial charge in [-0.3, -0.25) is 0 Å². The first-order valence-corrected chi connectivity index (χ1v) is 13.6. The number of alkyl halides is 1. The van der Waals surface area contributed by atoms with E-state index in [1.807, 2.05) is 0 Å². The molecule has 5 fully saturated rings. The Bertz CT molecular complexity index is 778. The van der Waals surface area contributed by atoms with Crippen LogP contribution in [0.4, 0.5) is 0 Å². The zero-order chi connectivity index (χ0) is 21.1. The lowest BCUT2D eigenvalue weighted by Crippen LogP contribution is -2.55. The second-order valence-corrected chi connectivity index (χ2v) is 12.3. The lowest BCUT2D eigenvalue weighted by molar-refractivity contribution is -0.240. The Kier molecular flexibility index (Phi) is 5.53. The van der Waals surface area contributed by atoms with Gasteiger partial charge in [-0.25, -0.2) is 0 Å². The maximum Gasteiger partial charge on any atom is 0.186 e. The largest absolute Gasteiger partial charge is 0.374 e. The molecule has 170 valence electrons. The molecule has 3 nitrogen and oxygen atoms in total. The van der Waals surface area contributed by atoms with E-state index in [9.17, 15) is 0 Å². The van der Waals surface area contributed by atoms with E-state index >= 15 is 0 Å². The summed E-state index contributed by atoms with van der Waals surface area (Å²) in [6, 6.07) is 10.7. The van der Waals surface area contributed by atoms with E-state index in [0.29, 0.717) is 10.9 Å². The molecule has 0 amide bonds. The molecule has 0 bridgehead atoms. The topological polar surface area (TPSA) is 27.7 Å². The molecule has 5 aliphatic rings. The average Bonchev–Trinajstić information content (AvgIpc) is 3.39. The molecule has 1 aromatic carbocycles. The van der Waals surface area contributed by atoms with Crippen LogP contribution in [0.1, 0.15) is 63.9 Å². The van der Waals surface area contributed by atoms with Crippen LogP contribution in [0.5, 0.6) is 0 Å². The number of benzene rings is 1. The van der Waals surface area contributed by atoms with E-state index < -0.39 is 0 Å². The van der Waals surface area contributed by atoms with E-state index in [1.165, 1.54) is 56.9 Å². The van der Waals surface area contributed by atoms with E-state index in [-0.39, 0.29) is 11.2 Å². The van der Waals surface area contributed by atoms with Gasteiger partial charge in [-0.2, -0.15) is 0 Å². The summed E-state index contributed by atoms with van der Waals surface area (Å²) in [5, 5.41) is 0. The van der Waals surface area contributed by atoms with Crippen molar-refractivity contribution in [1.82, 2.24) is 0 Å². The molecule has 4 heteroatoms. The first-order valence-electron chi connectivity index (χ1n) is 12.7. The van der Waals surface area contributed by atoms with Crippen molar-refractivity contribution in [1.29, 1.82) is 0 Å². The van der Waals surface area contributed by atoms with Gasteiger partial charge in [0.15, 0.2) is 5.79 Å². The molecule has 0 aromatic heterocycles. The molecule has 1 saturated heterocycles. The first-order chi connectivity index (χ1) is 15.1. The Morgan fingerprint density at radius 1 is 0.935 bits per heavy atom. The zero-order valence-corrected chi connectivity index (χ0v) is 20.4. The van der Waals surface area contributed by atoms with Crippen molar-refractivity contribution in [2.75, 3.05) is 13.2 Å². The summed E-state index contributed by atoms with van der Waals surface area (Å²) < 4.78 is 19.1. The number of halogens is 1. The normalized spacial score (nSPS) is 45.8. The molecule has 0 radical (unpaired) electrons. The average molecular weight is 489 g/mol. The van der Waals surface area contributed by atoms with Crippen molar-refractivity contribution in [2.45, 2.75) is 81.6 Å². The molecule has 1 spiro atoms. The summed E-state index contributed by atoms with van der Waals surface area (Å²) in [4.78, 5) is 0.344. The SMILES string of the molecule is C[C@]12CC[C@H]3[C@@H](CC[C@@H]4CC(OCc5ccccc5)CC[C@@H]43)[C@@H]1CC(Br)C21OCCO1. The maximum atomic E-state index is 6.38. The number of hydrogen-bond donors (Lipinski definition) is 0. The van der Waals surface area contributed by atoms with Crippen molar-refractivity contribution in [3.63, 3.8) is 0 Å². The second-order valence-electron chi connectivity index (χ2n) is 11.2. The minimum Gasteiger partial charge on any atom is -0.374 e. The molecular weight excluding hydrogens is 452 g/mol. The highest BCUT2D eigenvalue weighted by atomic mass is 79.9. The van der Waals surface area contributed by atoms with Gasteiger partial charge in [0, 0.05) is 5.41 Å². The Balaban J connectivity index is 1.13. The van der Waals surface area contributed by atoms with Crippen LogP contribution in [-0.2, 0) is 20.8 Å². The van der Waals surface area contributed by atoms with Gasteiger partial charge in [0.25, 0.3) is 0 Å². The standard InChI is InChI=1S/C27H37BrO3/c1-26-12-11-22-21-10-8-20(29-17-18-5-3-2-4-6-18)15-19(21)7-9-23(22)24(26)16-25(28)27(26)30-13-14-31-27/h2-6,19-25H,7-17H2,1H3/t19-,20?,21+,22-,23-,24+,25?,26+/m1/s1. The maximum absolute atomic E-state index is 6.38. The van der Waals surface area contributed by atoms with Crippen LogP contribution in [0, 0.1) is 35.0 Å². The fourth-order valence-electron chi connectivity index (χ4n) is 8.61. The monoisotopic (exact) mass is 488 g/mol. The van der Waals surface area contributed by atoms with Crippen LogP contribution < -0.4 is 0 Å². The molecule has 4 aliphatic carbocycles. The fourth-order valence-corrected chi connectivity index (χ4v) is 9.80. The van der Waals surface area contributed by atoms with Crippen molar-refractivity contribution < 1.29 is 14.2 Å². The summed E-state index contributed by atoms with van der Waals surface area (Å²) in [6.07, 6.45) is 11.0. The zero-order valence-electron chi connectivity index (χ0n) is 18.8. The molecule has 1 aromatic rings. The molecule has 8 atom stereocenters. The van der Waals surface area contributed by atoms with Crippen LogP contribution in [0.25, 0.3) is 0 Å². The van der Waals surface area contributed by atoms with Crippen molar-refractivity contribution in [3.8, 4) is 0 Å². The summed E-state index contributed by atoms with van der Waals surface area (Å²) in [6.45, 7) is 4.77. The van der Waals surface area contributed by atoms with Gasteiger partial charge in [-0.05, 0) is 86.5 Å². The number of rotatable bonds is 3. The van der Waals surface area contributed by atoms with Crippen LogP contribution in [-0.4, -0.2) is 29.9 Å². The first kappa shape index (κ1) is 21.1. The van der Waals surface area contributed by atoms with Gasteiger partial charge in [0.05, 0.1) is 30.8 Å². The molecule has 2 unspecified atom stereocenters. The summed E-state index contributed by atoms with van der Waals surface area (Å²) in [5.74, 6) is 3.91. The van der Waals surface area contributed by atoms with E-state index in [0.717, 1.165) is 49.4 Å². The molecule has 1 aliphatic heterocycles. The molecule has 1 heterocycles. The van der Waals surface area contributed by atoms with Crippen LogP contribution in [0.15, 0.2) is 30.3 Å². The van der Waals surface area contributed by atoms with Crippen molar-refractivity contribution in [2.24, 2.45) is 35.0 Å². The smallest absolute Gasteiger partial charge is 0.186 e. The van der Waals surface area contributed by atoms with Gasteiger partial charge >= 0.3 is 0 Å². The van der Waals surface area contributed by atoms with Gasteiger partial charge in [-0.1, -0.05) is 53.2 Å². The van der Waals surface area contributed by atoms with Gasteiger partial charge in [0.2, 0.25) is 0 Å². The quantitative estimate of drug-likeness (QED) is 0.464. The highest BCUT2D eigenvalue weighted by Crippen LogP contribution is 2.68. The van der Waals surface area contributed by atoms with Crippen LogP contribution >= 0.6 is 15.9 Å². The Morgan fingerprint density at radius 2 is 1.71 bits per heavy atom. The van der Waals surface area contributed by atoms with Crippen molar-refractivity contribution in [3.05, 3.63) is 35.9 Å². The van der Waals surface area contributed by atoms with Crippen LogP contribution in [0.2, 0.25) is 0 Å². The summed E-state index contributed by atoms with van der Waals surface area (Å²) in [5.41, 5.74) is 1.47. The van der Waals surface area contributed by atoms with Crippen LogP contribution in [0.3, 0.4) is 0 Å². The van der Waals surface area contributed by atoms with Gasteiger partial charge in [0.1, 0.15) is 0 Å². The molecular formula is C27H37BrO3. The van der Waals surface area contributed by atoms with Gasteiger partial charge in [-0.15, -0.1) is 0 Å². The Morgan fingerprint density at radius 3 is 2.52 bits per heavy atom. The Labute approximate surface area is 195 Å². The van der Waals surface area contributed by atoms with E-state index in [1.54, 1.807) is 0 Å². The van der Waals surface area contributed by atoms with Gasteiger partial charge < -0.3 is 14.2 Å².